The summed E-state index contributed by atoms with van der Waals surface area (Å²) < 4.78 is 33.2. The van der Waals surface area contributed by atoms with Crippen molar-refractivity contribution in [3.8, 4) is 11.3 Å². The van der Waals surface area contributed by atoms with Crippen molar-refractivity contribution < 1.29 is 17.6 Å². The molecule has 34 heavy (non-hydrogen) atoms. The molecule has 0 atom stereocenters. The molecule has 7 nitrogen and oxygen atoms in total. The smallest absolute Gasteiger partial charge is 0.259 e. The SMILES string of the molecule is Cc1c(-c2ccccc2)oc2c(C(=O)Nc3ccc(S(=O)(=O)NC(C)C)cc3)cccc2c1=O. The number of carbonyl (C=O) groups excluding carboxylic acids is 1. The maximum absolute atomic E-state index is 13.1. The fourth-order valence-electron chi connectivity index (χ4n) is 3.65. The molecule has 0 fully saturated rings. The Bertz CT molecular complexity index is 1520. The number of carbonyl (C=O) groups is 1. The van der Waals surface area contributed by atoms with Gasteiger partial charge in [0.05, 0.1) is 15.8 Å². The van der Waals surface area contributed by atoms with Gasteiger partial charge in [0.1, 0.15) is 5.76 Å². The van der Waals surface area contributed by atoms with Crippen LogP contribution in [0.2, 0.25) is 0 Å². The summed E-state index contributed by atoms with van der Waals surface area (Å²) in [6.45, 7) is 5.17. The zero-order chi connectivity index (χ0) is 24.5. The number of nitrogens with one attached hydrogen (secondary N) is 2. The lowest BCUT2D eigenvalue weighted by Gasteiger charge is -2.12. The Labute approximate surface area is 197 Å². The number of amides is 1. The molecule has 4 aromatic rings. The molecule has 174 valence electrons. The van der Waals surface area contributed by atoms with Gasteiger partial charge in [-0.25, -0.2) is 13.1 Å². The average Bonchev–Trinajstić information content (AvgIpc) is 2.81. The van der Waals surface area contributed by atoms with Crippen molar-refractivity contribution in [3.05, 3.63) is 94.1 Å². The summed E-state index contributed by atoms with van der Waals surface area (Å²) in [5.74, 6) is -0.0712. The van der Waals surface area contributed by atoms with E-state index >= 15 is 0 Å². The molecule has 0 spiro atoms. The van der Waals surface area contributed by atoms with Gasteiger partial charge in [0.25, 0.3) is 5.91 Å². The van der Waals surface area contributed by atoms with Crippen LogP contribution in [0.4, 0.5) is 5.69 Å². The van der Waals surface area contributed by atoms with Gasteiger partial charge in [-0.3, -0.25) is 9.59 Å². The molecule has 2 N–H and O–H groups in total. The first-order chi connectivity index (χ1) is 16.2. The topological polar surface area (TPSA) is 105 Å². The maximum atomic E-state index is 13.1. The molecule has 1 aromatic heterocycles. The van der Waals surface area contributed by atoms with E-state index in [4.69, 9.17) is 4.42 Å². The molecule has 0 unspecified atom stereocenters. The number of sulfonamides is 1. The van der Waals surface area contributed by atoms with Gasteiger partial charge in [0.2, 0.25) is 10.0 Å². The van der Waals surface area contributed by atoms with E-state index in [9.17, 15) is 18.0 Å². The molecule has 3 aromatic carbocycles. The van der Waals surface area contributed by atoms with Crippen LogP contribution < -0.4 is 15.5 Å². The van der Waals surface area contributed by atoms with E-state index < -0.39 is 15.9 Å². The standard InChI is InChI=1S/C26H24N2O5S/c1-16(2)28-34(31,32)20-14-12-19(13-15-20)27-26(30)22-11-7-10-21-23(29)17(3)24(33-25(21)22)18-8-5-4-6-9-18/h4-16,28H,1-3H3,(H,27,30). The molecule has 8 heteroatoms. The molecule has 1 heterocycles. The highest BCUT2D eigenvalue weighted by Crippen LogP contribution is 2.27. The number of rotatable bonds is 6. The zero-order valence-corrected chi connectivity index (χ0v) is 19.8. The Morgan fingerprint density at radius 3 is 2.24 bits per heavy atom. The van der Waals surface area contributed by atoms with Gasteiger partial charge in [-0.1, -0.05) is 36.4 Å². The lowest BCUT2D eigenvalue weighted by molar-refractivity contribution is 0.102. The third kappa shape index (κ3) is 4.64. The van der Waals surface area contributed by atoms with E-state index in [0.29, 0.717) is 22.4 Å². The second-order valence-corrected chi connectivity index (χ2v) is 9.90. The molecule has 0 bridgehead atoms. The molecular formula is C26H24N2O5S. The van der Waals surface area contributed by atoms with E-state index in [1.807, 2.05) is 30.3 Å². The molecule has 0 aliphatic heterocycles. The second kappa shape index (κ2) is 9.24. The van der Waals surface area contributed by atoms with Crippen molar-refractivity contribution in [2.24, 2.45) is 0 Å². The average molecular weight is 477 g/mol. The van der Waals surface area contributed by atoms with E-state index in [2.05, 4.69) is 10.0 Å². The summed E-state index contributed by atoms with van der Waals surface area (Å²) in [5, 5.41) is 3.06. The molecule has 0 radical (unpaired) electrons. The Balaban J connectivity index is 1.70. The Morgan fingerprint density at radius 1 is 0.912 bits per heavy atom. The predicted octanol–water partition coefficient (Wildman–Crippen LogP) is 4.71. The van der Waals surface area contributed by atoms with E-state index in [1.165, 1.54) is 24.3 Å². The van der Waals surface area contributed by atoms with E-state index in [-0.39, 0.29) is 27.5 Å². The molecule has 4 rings (SSSR count). The van der Waals surface area contributed by atoms with Crippen LogP contribution in [-0.4, -0.2) is 20.4 Å². The summed E-state index contributed by atoms with van der Waals surface area (Å²) >= 11 is 0. The highest BCUT2D eigenvalue weighted by Gasteiger charge is 2.19. The van der Waals surface area contributed by atoms with Crippen molar-refractivity contribution in [1.29, 1.82) is 0 Å². The first kappa shape index (κ1) is 23.4. The fourth-order valence-corrected chi connectivity index (χ4v) is 4.90. The minimum atomic E-state index is -3.64. The summed E-state index contributed by atoms with van der Waals surface area (Å²) in [7, 11) is -3.64. The molecule has 1 amide bonds. The number of anilines is 1. The molecule has 0 saturated carbocycles. The van der Waals surface area contributed by atoms with Crippen LogP contribution in [0.25, 0.3) is 22.3 Å². The first-order valence-electron chi connectivity index (χ1n) is 10.7. The van der Waals surface area contributed by atoms with Crippen LogP contribution in [0.5, 0.6) is 0 Å². The van der Waals surface area contributed by atoms with Crippen LogP contribution in [0.15, 0.2) is 86.9 Å². The minimum absolute atomic E-state index is 0.0957. The quantitative estimate of drug-likeness (QED) is 0.419. The maximum Gasteiger partial charge on any atom is 0.259 e. The van der Waals surface area contributed by atoms with Crippen molar-refractivity contribution in [1.82, 2.24) is 4.72 Å². The predicted molar refractivity (Wildman–Crippen MR) is 133 cm³/mol. The highest BCUT2D eigenvalue weighted by atomic mass is 32.2. The third-order valence-corrected chi connectivity index (χ3v) is 6.91. The second-order valence-electron chi connectivity index (χ2n) is 8.19. The van der Waals surface area contributed by atoms with Crippen LogP contribution in [-0.2, 0) is 10.0 Å². The summed E-state index contributed by atoms with van der Waals surface area (Å²) in [6.07, 6.45) is 0. The van der Waals surface area contributed by atoms with Gasteiger partial charge in [0, 0.05) is 22.9 Å². The number of fused-ring (bicyclic) bond motifs is 1. The van der Waals surface area contributed by atoms with Gasteiger partial charge in [-0.15, -0.1) is 0 Å². The Morgan fingerprint density at radius 2 is 1.59 bits per heavy atom. The largest absolute Gasteiger partial charge is 0.455 e. The monoisotopic (exact) mass is 476 g/mol. The number of para-hydroxylation sites is 1. The Hall–Kier alpha value is -3.75. The van der Waals surface area contributed by atoms with Crippen LogP contribution in [0.3, 0.4) is 0 Å². The van der Waals surface area contributed by atoms with Gasteiger partial charge in [-0.2, -0.15) is 0 Å². The summed E-state index contributed by atoms with van der Waals surface area (Å²) in [6, 6.07) is 19.7. The van der Waals surface area contributed by atoms with Gasteiger partial charge in [-0.05, 0) is 57.2 Å². The van der Waals surface area contributed by atoms with Crippen LogP contribution >= 0.6 is 0 Å². The number of benzene rings is 3. The van der Waals surface area contributed by atoms with Gasteiger partial charge in [0.15, 0.2) is 11.0 Å². The minimum Gasteiger partial charge on any atom is -0.455 e. The lowest BCUT2D eigenvalue weighted by Crippen LogP contribution is -2.30. The third-order valence-electron chi connectivity index (χ3n) is 5.24. The first-order valence-corrected chi connectivity index (χ1v) is 12.2. The summed E-state index contributed by atoms with van der Waals surface area (Å²) in [4.78, 5) is 26.2. The van der Waals surface area contributed by atoms with E-state index in [1.54, 1.807) is 39.0 Å². The van der Waals surface area contributed by atoms with Crippen molar-refractivity contribution in [3.63, 3.8) is 0 Å². The van der Waals surface area contributed by atoms with Crippen molar-refractivity contribution >= 4 is 32.6 Å². The van der Waals surface area contributed by atoms with E-state index in [0.717, 1.165) is 5.56 Å². The highest BCUT2D eigenvalue weighted by molar-refractivity contribution is 7.89. The molecule has 0 aliphatic carbocycles. The van der Waals surface area contributed by atoms with Crippen LogP contribution in [0, 0.1) is 6.92 Å². The normalized spacial score (nSPS) is 11.6. The van der Waals surface area contributed by atoms with Crippen molar-refractivity contribution in [2.45, 2.75) is 31.7 Å². The Kier molecular flexibility index (Phi) is 6.37. The number of hydrogen-bond acceptors (Lipinski definition) is 5. The van der Waals surface area contributed by atoms with Crippen LogP contribution in [0.1, 0.15) is 29.8 Å². The van der Waals surface area contributed by atoms with Gasteiger partial charge >= 0.3 is 0 Å². The zero-order valence-electron chi connectivity index (χ0n) is 19.0. The fraction of sp³-hybridized carbons (Fsp3) is 0.154. The number of hydrogen-bond donors (Lipinski definition) is 2. The lowest BCUT2D eigenvalue weighted by atomic mass is 10.0. The molecule has 0 saturated heterocycles. The molecular weight excluding hydrogens is 452 g/mol. The summed E-state index contributed by atoms with van der Waals surface area (Å²) in [5.41, 5.74) is 1.79. The molecule has 0 aliphatic rings. The van der Waals surface area contributed by atoms with Crippen molar-refractivity contribution in [2.75, 3.05) is 5.32 Å². The van der Waals surface area contributed by atoms with Gasteiger partial charge < -0.3 is 9.73 Å².